The molecule has 0 saturated carbocycles. The zero-order chi connectivity index (χ0) is 21.1. The molecule has 2 aliphatic rings. The summed E-state index contributed by atoms with van der Waals surface area (Å²) in [4.78, 5) is 21.3. The van der Waals surface area contributed by atoms with Crippen LogP contribution in [-0.2, 0) is 9.53 Å². The van der Waals surface area contributed by atoms with E-state index in [9.17, 15) is 4.79 Å². The van der Waals surface area contributed by atoms with Gasteiger partial charge in [-0.1, -0.05) is 37.0 Å². The third kappa shape index (κ3) is 4.62. The highest BCUT2D eigenvalue weighted by molar-refractivity contribution is 6.35. The quantitative estimate of drug-likeness (QED) is 0.636. The van der Waals surface area contributed by atoms with Crippen LogP contribution in [0.5, 0.6) is 0 Å². The summed E-state index contributed by atoms with van der Waals surface area (Å²) in [6, 6.07) is 5.63. The van der Waals surface area contributed by atoms with Crippen molar-refractivity contribution in [3.63, 3.8) is 0 Å². The maximum absolute atomic E-state index is 12.0. The minimum absolute atomic E-state index is 0.0244. The number of ether oxygens (including phenoxy) is 1. The van der Waals surface area contributed by atoms with Crippen LogP contribution in [0.25, 0.3) is 5.70 Å². The van der Waals surface area contributed by atoms with E-state index in [1.807, 2.05) is 24.0 Å². The first-order valence-electron chi connectivity index (χ1n) is 10.3. The van der Waals surface area contributed by atoms with Crippen molar-refractivity contribution in [2.75, 3.05) is 26.2 Å². The van der Waals surface area contributed by atoms with Crippen LogP contribution in [-0.4, -0.2) is 59.8 Å². The second-order valence-corrected chi connectivity index (χ2v) is 8.26. The van der Waals surface area contributed by atoms with E-state index in [0.29, 0.717) is 29.7 Å². The molecule has 1 saturated heterocycles. The molecule has 2 atom stereocenters. The third-order valence-electron chi connectivity index (χ3n) is 5.64. The normalized spacial score (nSPS) is 22.3. The second-order valence-electron chi connectivity index (χ2n) is 7.42. The molecule has 0 N–H and O–H groups in total. The second kappa shape index (κ2) is 9.50. The molecule has 0 aromatic heterocycles. The van der Waals surface area contributed by atoms with E-state index in [4.69, 9.17) is 32.9 Å². The van der Waals surface area contributed by atoms with Crippen LogP contribution >= 0.6 is 23.2 Å². The highest BCUT2D eigenvalue weighted by atomic mass is 35.5. The van der Waals surface area contributed by atoms with Crippen molar-refractivity contribution in [2.45, 2.75) is 52.7 Å². The lowest BCUT2D eigenvalue weighted by Crippen LogP contribution is -2.47. The smallest absolute Gasteiger partial charge is 0.219 e. The molecule has 1 aromatic carbocycles. The molecule has 1 aromatic rings. The number of carbonyl (C=O) groups excluding carboxylic acids is 1. The number of benzene rings is 1. The van der Waals surface area contributed by atoms with E-state index in [-0.39, 0.29) is 18.1 Å². The predicted octanol–water partition coefficient (Wildman–Crippen LogP) is 4.87. The summed E-state index contributed by atoms with van der Waals surface area (Å²) in [5, 5.41) is 1.20. The van der Waals surface area contributed by atoms with E-state index in [1.54, 1.807) is 13.0 Å². The number of hydrogen-bond acceptors (Lipinski definition) is 4. The van der Waals surface area contributed by atoms with Crippen molar-refractivity contribution in [3.8, 4) is 0 Å². The summed E-state index contributed by atoms with van der Waals surface area (Å²) in [6.45, 7) is 10.5. The first kappa shape index (κ1) is 22.1. The highest BCUT2D eigenvalue weighted by Crippen LogP contribution is 2.37. The number of likely N-dealkylation sites (tertiary alicyclic amines) is 1. The predicted molar refractivity (Wildman–Crippen MR) is 120 cm³/mol. The lowest BCUT2D eigenvalue weighted by atomic mass is 10.0. The van der Waals surface area contributed by atoms with Crippen molar-refractivity contribution >= 4 is 40.5 Å². The van der Waals surface area contributed by atoms with Crippen molar-refractivity contribution in [3.05, 3.63) is 39.5 Å². The molecule has 0 spiro atoms. The van der Waals surface area contributed by atoms with Crippen LogP contribution in [0, 0.1) is 0 Å². The number of aliphatic imine (C=N–C) groups is 1. The molecule has 2 aliphatic heterocycles. The van der Waals surface area contributed by atoms with Gasteiger partial charge in [-0.15, -0.1) is 0 Å². The van der Waals surface area contributed by atoms with Crippen LogP contribution in [0.1, 0.15) is 46.1 Å². The van der Waals surface area contributed by atoms with Crippen molar-refractivity contribution in [1.29, 1.82) is 0 Å². The number of amides is 1. The molecule has 29 heavy (non-hydrogen) atoms. The molecular weight excluding hydrogens is 409 g/mol. The summed E-state index contributed by atoms with van der Waals surface area (Å²) in [5.41, 5.74) is 4.01. The molecule has 2 heterocycles. The average Bonchev–Trinajstić information content (AvgIpc) is 3.11. The van der Waals surface area contributed by atoms with Crippen molar-refractivity contribution in [1.82, 2.24) is 9.80 Å². The number of allylic oxidation sites excluding steroid dienone is 1. The molecule has 0 aliphatic carbocycles. The molecule has 1 amide bonds. The molecular formula is C22H29Cl2N3O2. The Morgan fingerprint density at radius 1 is 1.21 bits per heavy atom. The van der Waals surface area contributed by atoms with E-state index < -0.39 is 0 Å². The topological polar surface area (TPSA) is 45.1 Å². The molecule has 0 radical (unpaired) electrons. The van der Waals surface area contributed by atoms with Gasteiger partial charge < -0.3 is 14.5 Å². The zero-order valence-corrected chi connectivity index (χ0v) is 19.1. The molecule has 0 unspecified atom stereocenters. The van der Waals surface area contributed by atoms with E-state index in [1.165, 1.54) is 0 Å². The van der Waals surface area contributed by atoms with Gasteiger partial charge in [0.25, 0.3) is 0 Å². The fraction of sp³-hybridized carbons (Fsp3) is 0.545. The van der Waals surface area contributed by atoms with Crippen LogP contribution in [0.3, 0.4) is 0 Å². The van der Waals surface area contributed by atoms with Gasteiger partial charge >= 0.3 is 0 Å². The summed E-state index contributed by atoms with van der Waals surface area (Å²) in [5.74, 6) is 0.0848. The Kier molecular flexibility index (Phi) is 7.25. The summed E-state index contributed by atoms with van der Waals surface area (Å²) in [7, 11) is 0. The van der Waals surface area contributed by atoms with Crippen molar-refractivity contribution in [2.24, 2.45) is 4.99 Å². The fourth-order valence-corrected chi connectivity index (χ4v) is 4.65. The SMILES string of the molecule is CCO[C@H]1CN(C(C)=O)C[C@H]1N1CC(CC)=NC(c2ccc(Cl)cc2Cl)=C1CC. The number of hydrogen-bond donors (Lipinski definition) is 0. The largest absolute Gasteiger partial charge is 0.374 e. The Hall–Kier alpha value is -1.56. The lowest BCUT2D eigenvalue weighted by Gasteiger charge is -2.39. The van der Waals surface area contributed by atoms with Gasteiger partial charge in [-0.05, 0) is 38.0 Å². The summed E-state index contributed by atoms with van der Waals surface area (Å²) < 4.78 is 6.05. The monoisotopic (exact) mass is 437 g/mol. The maximum atomic E-state index is 12.0. The minimum Gasteiger partial charge on any atom is -0.374 e. The number of rotatable bonds is 6. The Morgan fingerprint density at radius 2 is 1.97 bits per heavy atom. The van der Waals surface area contributed by atoms with Gasteiger partial charge in [-0.25, -0.2) is 0 Å². The molecule has 0 bridgehead atoms. The van der Waals surface area contributed by atoms with Crippen LogP contribution in [0.15, 0.2) is 28.9 Å². The number of nitrogens with zero attached hydrogens (tertiary/aromatic N) is 3. The Labute approximate surface area is 183 Å². The Morgan fingerprint density at radius 3 is 2.55 bits per heavy atom. The van der Waals surface area contributed by atoms with Gasteiger partial charge in [0.2, 0.25) is 5.91 Å². The molecule has 158 valence electrons. The fourth-order valence-electron chi connectivity index (χ4n) is 4.15. The van der Waals surface area contributed by atoms with Gasteiger partial charge in [-0.3, -0.25) is 9.79 Å². The van der Waals surface area contributed by atoms with E-state index >= 15 is 0 Å². The Bertz CT molecular complexity index is 837. The molecule has 1 fully saturated rings. The lowest BCUT2D eigenvalue weighted by molar-refractivity contribution is -0.128. The maximum Gasteiger partial charge on any atom is 0.219 e. The summed E-state index contributed by atoms with van der Waals surface area (Å²) >= 11 is 12.7. The van der Waals surface area contributed by atoms with E-state index in [2.05, 4.69) is 18.7 Å². The van der Waals surface area contributed by atoms with Gasteiger partial charge in [0.15, 0.2) is 0 Å². The standard InChI is InChI=1S/C22H29Cl2N3O2/c1-5-16-11-27(20-12-26(14(4)28)13-21(20)29-7-3)19(6-2)22(25-16)17-9-8-15(23)10-18(17)24/h8-10,20-21H,5-7,11-13H2,1-4H3/t20-,21+/m1/s1. The minimum atomic E-state index is -0.0244. The number of carbonyl (C=O) groups is 1. The first-order valence-corrected chi connectivity index (χ1v) is 11.0. The van der Waals surface area contributed by atoms with Gasteiger partial charge in [-0.2, -0.15) is 0 Å². The summed E-state index contributed by atoms with van der Waals surface area (Å²) in [6.07, 6.45) is 1.64. The number of halogens is 2. The van der Waals surface area contributed by atoms with Crippen LogP contribution in [0.4, 0.5) is 0 Å². The van der Waals surface area contributed by atoms with Crippen molar-refractivity contribution < 1.29 is 9.53 Å². The molecule has 5 nitrogen and oxygen atoms in total. The first-order chi connectivity index (χ1) is 13.9. The highest BCUT2D eigenvalue weighted by Gasteiger charge is 2.40. The van der Waals surface area contributed by atoms with Crippen LogP contribution in [0.2, 0.25) is 10.0 Å². The molecule has 3 rings (SSSR count). The average molecular weight is 438 g/mol. The van der Waals surface area contributed by atoms with Crippen LogP contribution < -0.4 is 0 Å². The zero-order valence-electron chi connectivity index (χ0n) is 17.5. The Balaban J connectivity index is 2.07. The van der Waals surface area contributed by atoms with E-state index in [0.717, 1.165) is 42.1 Å². The molecule has 7 heteroatoms. The van der Waals surface area contributed by atoms with Gasteiger partial charge in [0.1, 0.15) is 0 Å². The van der Waals surface area contributed by atoms with Gasteiger partial charge in [0, 0.05) is 48.6 Å². The third-order valence-corrected chi connectivity index (χ3v) is 6.18. The van der Waals surface area contributed by atoms with Gasteiger partial charge in [0.05, 0.1) is 29.4 Å².